The van der Waals surface area contributed by atoms with Crippen molar-refractivity contribution >= 4 is 5.82 Å². The topological polar surface area (TPSA) is 61.0 Å². The van der Waals surface area contributed by atoms with Crippen LogP contribution in [0.1, 0.15) is 39.0 Å². The Hall–Kier alpha value is -1.36. The number of nitrogens with one attached hydrogen (secondary N) is 2. The van der Waals surface area contributed by atoms with Gasteiger partial charge in [0.1, 0.15) is 0 Å². The lowest BCUT2D eigenvalue weighted by Crippen LogP contribution is -2.42. The lowest BCUT2D eigenvalue weighted by atomic mass is 9.90. The van der Waals surface area contributed by atoms with Gasteiger partial charge >= 0.3 is 0 Å². The van der Waals surface area contributed by atoms with Crippen LogP contribution in [0.4, 0.5) is 5.82 Å². The van der Waals surface area contributed by atoms with Crippen molar-refractivity contribution in [3.63, 3.8) is 0 Å². The van der Waals surface area contributed by atoms with E-state index in [1.807, 2.05) is 11.9 Å². The van der Waals surface area contributed by atoms with E-state index in [4.69, 9.17) is 0 Å². The van der Waals surface area contributed by atoms with Gasteiger partial charge in [-0.2, -0.15) is 0 Å². The van der Waals surface area contributed by atoms with Crippen molar-refractivity contribution < 1.29 is 0 Å². The predicted octanol–water partition coefficient (Wildman–Crippen LogP) is 1.52. The highest BCUT2D eigenvalue weighted by Gasteiger charge is 2.25. The lowest BCUT2D eigenvalue weighted by molar-refractivity contribution is 0.336. The van der Waals surface area contributed by atoms with Gasteiger partial charge in [0.05, 0.1) is 0 Å². The van der Waals surface area contributed by atoms with Gasteiger partial charge in [0.2, 0.25) is 0 Å². The van der Waals surface area contributed by atoms with Crippen molar-refractivity contribution in [2.75, 3.05) is 18.5 Å². The van der Waals surface area contributed by atoms with Crippen LogP contribution >= 0.6 is 0 Å². The Morgan fingerprint density at radius 1 is 1.42 bits per heavy atom. The van der Waals surface area contributed by atoms with Crippen molar-refractivity contribution in [2.24, 2.45) is 0 Å². The maximum atomic E-state index is 11.7. The summed E-state index contributed by atoms with van der Waals surface area (Å²) < 4.78 is 0. The summed E-state index contributed by atoms with van der Waals surface area (Å²) >= 11 is 0. The zero-order valence-electron chi connectivity index (χ0n) is 11.9. The number of H-pyrrole nitrogens is 1. The summed E-state index contributed by atoms with van der Waals surface area (Å²) in [6.45, 7) is 3.30. The summed E-state index contributed by atoms with van der Waals surface area (Å²) in [5.74, 6) is 0.535. The minimum absolute atomic E-state index is 0.101. The summed E-state index contributed by atoms with van der Waals surface area (Å²) in [6, 6.07) is 1.07. The third kappa shape index (κ3) is 3.56. The van der Waals surface area contributed by atoms with Crippen molar-refractivity contribution in [1.82, 2.24) is 15.3 Å². The highest BCUT2D eigenvalue weighted by atomic mass is 16.1. The van der Waals surface area contributed by atoms with Crippen LogP contribution < -0.4 is 15.8 Å². The molecule has 0 aromatic carbocycles. The molecule has 1 aromatic rings. The monoisotopic (exact) mass is 264 g/mol. The first-order valence-electron chi connectivity index (χ1n) is 7.22. The lowest BCUT2D eigenvalue weighted by Gasteiger charge is -2.35. The molecule has 1 saturated carbocycles. The first-order chi connectivity index (χ1) is 9.22. The average molecular weight is 264 g/mol. The van der Waals surface area contributed by atoms with E-state index in [0.717, 1.165) is 19.4 Å². The number of rotatable bonds is 5. The quantitative estimate of drug-likeness (QED) is 0.846. The summed E-state index contributed by atoms with van der Waals surface area (Å²) in [4.78, 5) is 20.6. The molecule has 0 bridgehead atoms. The molecule has 1 aromatic heterocycles. The Morgan fingerprint density at radius 3 is 2.79 bits per heavy atom. The average Bonchev–Trinajstić information content (AvgIpc) is 2.45. The molecular weight excluding hydrogens is 240 g/mol. The molecule has 2 rings (SSSR count). The van der Waals surface area contributed by atoms with Gasteiger partial charge in [0.25, 0.3) is 5.56 Å². The van der Waals surface area contributed by atoms with Crippen LogP contribution in [0.3, 0.4) is 0 Å². The number of hydrogen-bond acceptors (Lipinski definition) is 4. The molecule has 1 aliphatic rings. The molecule has 0 amide bonds. The number of aromatic nitrogens is 2. The molecule has 1 fully saturated rings. The fourth-order valence-corrected chi connectivity index (χ4v) is 2.78. The van der Waals surface area contributed by atoms with E-state index in [1.165, 1.54) is 19.3 Å². The zero-order chi connectivity index (χ0) is 13.7. The molecule has 0 saturated heterocycles. The Morgan fingerprint density at radius 2 is 2.16 bits per heavy atom. The van der Waals surface area contributed by atoms with Crippen molar-refractivity contribution in [2.45, 2.75) is 51.1 Å². The standard InChI is InChI=1S/C14H24N4O/c1-3-8-15-11-4-6-12(7-5-11)18(2)13-14(19)17-10-9-16-13/h9-12,15H,3-8H2,1-2H3,(H,17,19). The maximum Gasteiger partial charge on any atom is 0.290 e. The second-order valence-electron chi connectivity index (χ2n) is 5.31. The van der Waals surface area contributed by atoms with Crippen molar-refractivity contribution in [3.8, 4) is 0 Å². The van der Waals surface area contributed by atoms with Gasteiger partial charge in [-0.05, 0) is 38.6 Å². The van der Waals surface area contributed by atoms with E-state index < -0.39 is 0 Å². The van der Waals surface area contributed by atoms with Gasteiger partial charge < -0.3 is 15.2 Å². The number of hydrogen-bond donors (Lipinski definition) is 2. The number of aromatic amines is 1. The molecule has 0 aliphatic heterocycles. The molecule has 5 heteroatoms. The van der Waals surface area contributed by atoms with Crippen molar-refractivity contribution in [3.05, 3.63) is 22.7 Å². The van der Waals surface area contributed by atoms with Gasteiger partial charge in [-0.15, -0.1) is 0 Å². The third-order valence-corrected chi connectivity index (χ3v) is 3.95. The van der Waals surface area contributed by atoms with E-state index in [9.17, 15) is 4.79 Å². The van der Waals surface area contributed by atoms with E-state index in [1.54, 1.807) is 12.4 Å². The fourth-order valence-electron chi connectivity index (χ4n) is 2.78. The molecule has 0 unspecified atom stereocenters. The Kier molecular flexibility index (Phi) is 4.96. The van der Waals surface area contributed by atoms with E-state index in [0.29, 0.717) is 17.9 Å². The maximum absolute atomic E-state index is 11.7. The molecular formula is C14H24N4O. The fraction of sp³-hybridized carbons (Fsp3) is 0.714. The second kappa shape index (κ2) is 6.70. The highest BCUT2D eigenvalue weighted by Crippen LogP contribution is 2.23. The van der Waals surface area contributed by atoms with E-state index in [-0.39, 0.29) is 5.56 Å². The van der Waals surface area contributed by atoms with Crippen LogP contribution in [0.25, 0.3) is 0 Å². The second-order valence-corrected chi connectivity index (χ2v) is 5.31. The molecule has 1 heterocycles. The van der Waals surface area contributed by atoms with Crippen LogP contribution in [0.5, 0.6) is 0 Å². The number of anilines is 1. The third-order valence-electron chi connectivity index (χ3n) is 3.95. The molecule has 1 aliphatic carbocycles. The van der Waals surface area contributed by atoms with Crippen LogP contribution in [0.15, 0.2) is 17.2 Å². The molecule has 0 radical (unpaired) electrons. The summed E-state index contributed by atoms with van der Waals surface area (Å²) in [5, 5.41) is 3.58. The normalized spacial score (nSPS) is 23.3. The minimum atomic E-state index is -0.101. The SMILES string of the molecule is CCCNC1CCC(N(C)c2ncc[nH]c2=O)CC1. The molecule has 5 nitrogen and oxygen atoms in total. The molecule has 0 spiro atoms. The first kappa shape index (κ1) is 14.1. The smallest absolute Gasteiger partial charge is 0.290 e. The van der Waals surface area contributed by atoms with Gasteiger partial charge in [-0.1, -0.05) is 6.92 Å². The van der Waals surface area contributed by atoms with E-state index in [2.05, 4.69) is 22.2 Å². The van der Waals surface area contributed by atoms with Crippen LogP contribution in [-0.4, -0.2) is 35.6 Å². The largest absolute Gasteiger partial charge is 0.352 e. The van der Waals surface area contributed by atoms with Gasteiger partial charge in [0, 0.05) is 31.5 Å². The minimum Gasteiger partial charge on any atom is -0.352 e. The van der Waals surface area contributed by atoms with Gasteiger partial charge in [-0.3, -0.25) is 4.79 Å². The summed E-state index contributed by atoms with van der Waals surface area (Å²) in [6.07, 6.45) is 9.00. The predicted molar refractivity (Wildman–Crippen MR) is 77.6 cm³/mol. The highest BCUT2D eigenvalue weighted by molar-refractivity contribution is 5.35. The Balaban J connectivity index is 1.91. The van der Waals surface area contributed by atoms with Crippen LogP contribution in [0.2, 0.25) is 0 Å². The molecule has 106 valence electrons. The Bertz CT molecular complexity index is 437. The Labute approximate surface area is 114 Å². The van der Waals surface area contributed by atoms with Crippen molar-refractivity contribution in [1.29, 1.82) is 0 Å². The zero-order valence-corrected chi connectivity index (χ0v) is 11.9. The summed E-state index contributed by atoms with van der Waals surface area (Å²) in [7, 11) is 1.97. The van der Waals surface area contributed by atoms with E-state index >= 15 is 0 Å². The molecule has 19 heavy (non-hydrogen) atoms. The van der Waals surface area contributed by atoms with Crippen LogP contribution in [-0.2, 0) is 0 Å². The summed E-state index contributed by atoms with van der Waals surface area (Å²) in [5.41, 5.74) is -0.101. The van der Waals surface area contributed by atoms with Crippen LogP contribution in [0, 0.1) is 0 Å². The van der Waals surface area contributed by atoms with Gasteiger partial charge in [0.15, 0.2) is 5.82 Å². The number of nitrogens with zero attached hydrogens (tertiary/aromatic N) is 2. The molecule has 2 N–H and O–H groups in total. The molecule has 0 atom stereocenters. The van der Waals surface area contributed by atoms with Gasteiger partial charge in [-0.25, -0.2) is 4.98 Å². The first-order valence-corrected chi connectivity index (χ1v) is 7.22.